The standard InChI is InChI=1S/C30H26N4O5/c1-18-5-9-21(10-6-18)34-28(35)15-19(2)29(33-34)30(36)32-20-7-11-22(12-8-20)39-25-13-14-31-24-17-27(38-4)26(37-3)16-23(24)25/h5-17H,1-4H3,(H,32,36). The number of hydrogen-bond acceptors (Lipinski definition) is 7. The largest absolute Gasteiger partial charge is 0.493 e. The van der Waals surface area contributed by atoms with Crippen LogP contribution in [-0.2, 0) is 0 Å². The van der Waals surface area contributed by atoms with Crippen molar-refractivity contribution in [3.8, 4) is 28.7 Å². The maximum atomic E-state index is 13.1. The van der Waals surface area contributed by atoms with E-state index in [0.29, 0.717) is 45.5 Å². The first-order valence-electron chi connectivity index (χ1n) is 12.1. The minimum absolute atomic E-state index is 0.156. The van der Waals surface area contributed by atoms with Crippen molar-refractivity contribution < 1.29 is 19.0 Å². The monoisotopic (exact) mass is 522 g/mol. The van der Waals surface area contributed by atoms with Gasteiger partial charge in [0, 0.05) is 29.4 Å². The van der Waals surface area contributed by atoms with E-state index < -0.39 is 5.91 Å². The fourth-order valence-corrected chi connectivity index (χ4v) is 4.10. The summed E-state index contributed by atoms with van der Waals surface area (Å²) >= 11 is 0. The predicted molar refractivity (Wildman–Crippen MR) is 149 cm³/mol. The van der Waals surface area contributed by atoms with Gasteiger partial charge < -0.3 is 19.5 Å². The third-order valence-corrected chi connectivity index (χ3v) is 6.16. The summed E-state index contributed by atoms with van der Waals surface area (Å²) in [5.74, 6) is 1.88. The van der Waals surface area contributed by atoms with E-state index >= 15 is 0 Å². The molecule has 0 spiro atoms. The van der Waals surface area contributed by atoms with Crippen LogP contribution in [0.1, 0.15) is 21.6 Å². The van der Waals surface area contributed by atoms with E-state index in [1.807, 2.05) is 25.1 Å². The van der Waals surface area contributed by atoms with Crippen LogP contribution in [0.15, 0.2) is 83.8 Å². The Hall–Kier alpha value is -5.18. The summed E-state index contributed by atoms with van der Waals surface area (Å²) < 4.78 is 18.1. The second-order valence-corrected chi connectivity index (χ2v) is 8.88. The summed E-state index contributed by atoms with van der Waals surface area (Å²) in [4.78, 5) is 30.0. The molecular weight excluding hydrogens is 496 g/mol. The lowest BCUT2D eigenvalue weighted by atomic mass is 10.2. The van der Waals surface area contributed by atoms with E-state index in [0.717, 1.165) is 10.9 Å². The number of carbonyl (C=O) groups excluding carboxylic acids is 1. The lowest BCUT2D eigenvalue weighted by Crippen LogP contribution is -2.26. The van der Waals surface area contributed by atoms with Crippen LogP contribution in [0.5, 0.6) is 23.0 Å². The zero-order valence-electron chi connectivity index (χ0n) is 21.9. The Labute approximate surface area is 224 Å². The second-order valence-electron chi connectivity index (χ2n) is 8.88. The lowest BCUT2D eigenvalue weighted by Gasteiger charge is -2.13. The molecule has 0 saturated heterocycles. The van der Waals surface area contributed by atoms with E-state index in [1.165, 1.54) is 10.7 Å². The molecule has 0 fully saturated rings. The molecule has 5 aromatic rings. The van der Waals surface area contributed by atoms with Crippen molar-refractivity contribution in [1.29, 1.82) is 0 Å². The number of fused-ring (bicyclic) bond motifs is 1. The van der Waals surface area contributed by atoms with Crippen molar-refractivity contribution in [1.82, 2.24) is 14.8 Å². The van der Waals surface area contributed by atoms with Gasteiger partial charge in [0.05, 0.1) is 25.4 Å². The molecule has 0 bridgehead atoms. The fraction of sp³-hybridized carbons (Fsp3) is 0.133. The van der Waals surface area contributed by atoms with Crippen molar-refractivity contribution in [3.05, 3.63) is 106 Å². The molecule has 3 aromatic carbocycles. The maximum absolute atomic E-state index is 13.1. The van der Waals surface area contributed by atoms with Gasteiger partial charge in [-0.2, -0.15) is 9.78 Å². The molecule has 2 heterocycles. The van der Waals surface area contributed by atoms with Gasteiger partial charge in [-0.3, -0.25) is 14.6 Å². The minimum atomic E-state index is -0.428. The Balaban J connectivity index is 1.36. The second kappa shape index (κ2) is 10.7. The summed E-state index contributed by atoms with van der Waals surface area (Å²) in [7, 11) is 3.14. The molecule has 9 nitrogen and oxygen atoms in total. The SMILES string of the molecule is COc1cc2nccc(Oc3ccc(NC(=O)c4nn(-c5ccc(C)cc5)c(=O)cc4C)cc3)c2cc1OC. The number of nitrogens with zero attached hydrogens (tertiary/aromatic N) is 3. The van der Waals surface area contributed by atoms with Gasteiger partial charge in [-0.25, -0.2) is 0 Å². The van der Waals surface area contributed by atoms with Crippen LogP contribution in [0.4, 0.5) is 5.69 Å². The average molecular weight is 523 g/mol. The summed E-state index contributed by atoms with van der Waals surface area (Å²) in [6, 6.07) is 21.1. The van der Waals surface area contributed by atoms with Gasteiger partial charge in [-0.15, -0.1) is 0 Å². The first-order valence-corrected chi connectivity index (χ1v) is 12.1. The highest BCUT2D eigenvalue weighted by atomic mass is 16.5. The fourth-order valence-electron chi connectivity index (χ4n) is 4.10. The molecule has 0 radical (unpaired) electrons. The van der Waals surface area contributed by atoms with Gasteiger partial charge in [0.2, 0.25) is 0 Å². The van der Waals surface area contributed by atoms with E-state index in [4.69, 9.17) is 14.2 Å². The van der Waals surface area contributed by atoms with Crippen molar-refractivity contribution in [2.75, 3.05) is 19.5 Å². The number of ether oxygens (including phenoxy) is 3. The van der Waals surface area contributed by atoms with Crippen LogP contribution in [0.2, 0.25) is 0 Å². The highest BCUT2D eigenvalue weighted by Gasteiger charge is 2.16. The van der Waals surface area contributed by atoms with Gasteiger partial charge in [-0.05, 0) is 67.9 Å². The number of nitrogens with one attached hydrogen (secondary N) is 1. The van der Waals surface area contributed by atoms with Crippen LogP contribution < -0.4 is 25.1 Å². The van der Waals surface area contributed by atoms with E-state index in [2.05, 4.69) is 15.4 Å². The number of carbonyl (C=O) groups is 1. The number of rotatable bonds is 7. The third kappa shape index (κ3) is 5.28. The number of aromatic nitrogens is 3. The van der Waals surface area contributed by atoms with Crippen molar-refractivity contribution in [2.24, 2.45) is 0 Å². The predicted octanol–water partition coefficient (Wildman–Crippen LogP) is 5.46. The van der Waals surface area contributed by atoms with Gasteiger partial charge in [0.25, 0.3) is 11.5 Å². The molecule has 9 heteroatoms. The minimum Gasteiger partial charge on any atom is -0.493 e. The van der Waals surface area contributed by atoms with Crippen molar-refractivity contribution in [2.45, 2.75) is 13.8 Å². The molecule has 1 amide bonds. The van der Waals surface area contributed by atoms with E-state index in [1.54, 1.807) is 75.9 Å². The molecule has 2 aromatic heterocycles. The molecule has 1 N–H and O–H groups in total. The third-order valence-electron chi connectivity index (χ3n) is 6.16. The zero-order chi connectivity index (χ0) is 27.5. The van der Waals surface area contributed by atoms with Crippen molar-refractivity contribution >= 4 is 22.5 Å². The molecule has 5 rings (SSSR count). The molecule has 0 unspecified atom stereocenters. The number of aryl methyl sites for hydroxylation is 2. The van der Waals surface area contributed by atoms with Gasteiger partial charge in [0.15, 0.2) is 17.2 Å². The smallest absolute Gasteiger partial charge is 0.276 e. The molecule has 0 aliphatic carbocycles. The van der Waals surface area contributed by atoms with Crippen LogP contribution >= 0.6 is 0 Å². The van der Waals surface area contributed by atoms with Crippen LogP contribution in [0, 0.1) is 13.8 Å². The number of benzene rings is 3. The van der Waals surface area contributed by atoms with Crippen LogP contribution in [0.25, 0.3) is 16.6 Å². The molecule has 0 aliphatic rings. The Morgan fingerprint density at radius 2 is 1.54 bits per heavy atom. The van der Waals surface area contributed by atoms with Crippen molar-refractivity contribution in [3.63, 3.8) is 0 Å². The summed E-state index contributed by atoms with van der Waals surface area (Å²) in [5.41, 5.74) is 3.22. The van der Waals surface area contributed by atoms with Gasteiger partial charge >= 0.3 is 0 Å². The van der Waals surface area contributed by atoms with E-state index in [-0.39, 0.29) is 11.3 Å². The number of amides is 1. The molecule has 0 saturated carbocycles. The van der Waals surface area contributed by atoms with Crippen LogP contribution in [-0.4, -0.2) is 34.9 Å². The average Bonchev–Trinajstić information content (AvgIpc) is 2.94. The Bertz CT molecular complexity index is 1730. The summed E-state index contributed by atoms with van der Waals surface area (Å²) in [5, 5.41) is 7.94. The molecular formula is C30H26N4O5. The number of anilines is 1. The quantitative estimate of drug-likeness (QED) is 0.303. The highest BCUT2D eigenvalue weighted by Crippen LogP contribution is 2.37. The summed E-state index contributed by atoms with van der Waals surface area (Å²) in [6.45, 7) is 3.64. The number of methoxy groups -OCH3 is 2. The first-order chi connectivity index (χ1) is 18.9. The Morgan fingerprint density at radius 3 is 2.23 bits per heavy atom. The maximum Gasteiger partial charge on any atom is 0.276 e. The topological polar surface area (TPSA) is 105 Å². The van der Waals surface area contributed by atoms with Gasteiger partial charge in [-0.1, -0.05) is 17.7 Å². The Morgan fingerprint density at radius 1 is 0.846 bits per heavy atom. The number of hydrogen-bond donors (Lipinski definition) is 1. The lowest BCUT2D eigenvalue weighted by molar-refractivity contribution is 0.102. The first kappa shape index (κ1) is 25.5. The Kier molecular flexibility index (Phi) is 6.96. The molecule has 39 heavy (non-hydrogen) atoms. The van der Waals surface area contributed by atoms with Gasteiger partial charge in [0.1, 0.15) is 11.5 Å². The zero-order valence-corrected chi connectivity index (χ0v) is 21.9. The summed E-state index contributed by atoms with van der Waals surface area (Å²) in [6.07, 6.45) is 1.66. The number of pyridine rings is 1. The van der Waals surface area contributed by atoms with E-state index in [9.17, 15) is 9.59 Å². The molecule has 0 aliphatic heterocycles. The molecule has 196 valence electrons. The molecule has 0 atom stereocenters. The normalized spacial score (nSPS) is 10.8. The van der Waals surface area contributed by atoms with Crippen LogP contribution in [0.3, 0.4) is 0 Å². The highest BCUT2D eigenvalue weighted by molar-refractivity contribution is 6.03.